The first-order valence-corrected chi connectivity index (χ1v) is 7.46. The molecule has 0 aliphatic rings. The average molecular weight is 359 g/mol. The van der Waals surface area contributed by atoms with E-state index in [0.29, 0.717) is 10.9 Å². The molecule has 0 aliphatic heterocycles. The molecule has 0 bridgehead atoms. The maximum Gasteiger partial charge on any atom is 0.271 e. The Morgan fingerprint density at radius 1 is 1.04 bits per heavy atom. The molecule has 0 radical (unpaired) electrons. The summed E-state index contributed by atoms with van der Waals surface area (Å²) in [6.45, 7) is 0. The Kier molecular flexibility index (Phi) is 4.36. The van der Waals surface area contributed by atoms with E-state index < -0.39 is 16.7 Å². The number of hydrogen-bond acceptors (Lipinski definition) is 4. The second-order valence-corrected chi connectivity index (χ2v) is 5.48. The zero-order chi connectivity index (χ0) is 18.0. The standard InChI is InChI=1S/C16H11ClN4O4/c17-13-6-5-9(21(24)25)7-11(13)15(22)19-20-16(23)12-8-18-14-4-2-1-3-10(12)14/h1-8,18H,(H,19,22)(H,20,23). The second-order valence-electron chi connectivity index (χ2n) is 5.08. The molecule has 126 valence electrons. The fourth-order valence-electron chi connectivity index (χ4n) is 2.31. The van der Waals surface area contributed by atoms with E-state index in [1.807, 2.05) is 12.1 Å². The zero-order valence-corrected chi connectivity index (χ0v) is 13.3. The monoisotopic (exact) mass is 358 g/mol. The van der Waals surface area contributed by atoms with Crippen molar-refractivity contribution in [1.29, 1.82) is 0 Å². The van der Waals surface area contributed by atoms with Crippen molar-refractivity contribution in [3.05, 3.63) is 74.9 Å². The number of nitrogens with one attached hydrogen (secondary N) is 3. The van der Waals surface area contributed by atoms with E-state index in [-0.39, 0.29) is 16.3 Å². The van der Waals surface area contributed by atoms with E-state index in [1.165, 1.54) is 18.3 Å². The number of hydrazine groups is 1. The van der Waals surface area contributed by atoms with Gasteiger partial charge in [-0.1, -0.05) is 29.8 Å². The Bertz CT molecular complexity index is 999. The van der Waals surface area contributed by atoms with Crippen molar-refractivity contribution in [3.63, 3.8) is 0 Å². The first kappa shape index (κ1) is 16.5. The molecule has 2 aromatic carbocycles. The number of rotatable bonds is 3. The van der Waals surface area contributed by atoms with Crippen LogP contribution in [0, 0.1) is 10.1 Å². The number of carbonyl (C=O) groups is 2. The summed E-state index contributed by atoms with van der Waals surface area (Å²) < 4.78 is 0. The summed E-state index contributed by atoms with van der Waals surface area (Å²) in [5, 5.41) is 11.5. The Morgan fingerprint density at radius 2 is 1.72 bits per heavy atom. The van der Waals surface area contributed by atoms with E-state index in [9.17, 15) is 19.7 Å². The van der Waals surface area contributed by atoms with Crippen LogP contribution >= 0.6 is 11.6 Å². The van der Waals surface area contributed by atoms with Crippen LogP contribution in [-0.2, 0) is 0 Å². The second kappa shape index (κ2) is 6.62. The van der Waals surface area contributed by atoms with Gasteiger partial charge >= 0.3 is 0 Å². The molecule has 0 unspecified atom stereocenters. The number of amides is 2. The summed E-state index contributed by atoms with van der Waals surface area (Å²) in [4.78, 5) is 37.5. The number of aromatic amines is 1. The fourth-order valence-corrected chi connectivity index (χ4v) is 2.51. The summed E-state index contributed by atoms with van der Waals surface area (Å²) >= 11 is 5.89. The first-order valence-electron chi connectivity index (χ1n) is 7.08. The van der Waals surface area contributed by atoms with E-state index >= 15 is 0 Å². The SMILES string of the molecule is O=C(NNC(=O)c1c[nH]c2ccccc12)c1cc([N+](=O)[O-])ccc1Cl. The lowest BCUT2D eigenvalue weighted by Crippen LogP contribution is -2.41. The number of hydrogen-bond donors (Lipinski definition) is 3. The van der Waals surface area contributed by atoms with Gasteiger partial charge in [0.25, 0.3) is 17.5 Å². The molecule has 1 aromatic heterocycles. The number of halogens is 1. The Balaban J connectivity index is 1.75. The predicted octanol–water partition coefficient (Wildman–Crippen LogP) is 2.80. The zero-order valence-electron chi connectivity index (χ0n) is 12.6. The fraction of sp³-hybridized carbons (Fsp3) is 0. The number of para-hydroxylation sites is 1. The molecule has 0 aliphatic carbocycles. The molecule has 25 heavy (non-hydrogen) atoms. The smallest absolute Gasteiger partial charge is 0.271 e. The van der Waals surface area contributed by atoms with Crippen molar-refractivity contribution in [2.75, 3.05) is 0 Å². The molecule has 0 saturated carbocycles. The highest BCUT2D eigenvalue weighted by Crippen LogP contribution is 2.22. The number of aromatic nitrogens is 1. The number of nitro groups is 1. The molecule has 3 N–H and O–H groups in total. The van der Waals surface area contributed by atoms with E-state index in [1.54, 1.807) is 12.1 Å². The number of carbonyl (C=O) groups excluding carboxylic acids is 2. The summed E-state index contributed by atoms with van der Waals surface area (Å²) in [6, 6.07) is 10.7. The van der Waals surface area contributed by atoms with E-state index in [4.69, 9.17) is 11.6 Å². The van der Waals surface area contributed by atoms with Crippen LogP contribution in [0.5, 0.6) is 0 Å². The molecular formula is C16H11ClN4O4. The predicted molar refractivity (Wildman–Crippen MR) is 91.3 cm³/mol. The van der Waals surface area contributed by atoms with Gasteiger partial charge in [0.1, 0.15) is 0 Å². The van der Waals surface area contributed by atoms with Crippen LogP contribution < -0.4 is 10.9 Å². The Morgan fingerprint density at radius 3 is 2.44 bits per heavy atom. The quantitative estimate of drug-likeness (QED) is 0.493. The van der Waals surface area contributed by atoms with Gasteiger partial charge in [-0.15, -0.1) is 0 Å². The van der Waals surface area contributed by atoms with Crippen LogP contribution in [0.25, 0.3) is 10.9 Å². The lowest BCUT2D eigenvalue weighted by molar-refractivity contribution is -0.384. The van der Waals surface area contributed by atoms with Crippen LogP contribution in [0.3, 0.4) is 0 Å². The molecule has 2 amide bonds. The summed E-state index contributed by atoms with van der Waals surface area (Å²) in [6.07, 6.45) is 1.52. The average Bonchev–Trinajstić information content (AvgIpc) is 3.03. The Hall–Kier alpha value is -3.39. The van der Waals surface area contributed by atoms with Gasteiger partial charge in [0.05, 0.1) is 21.1 Å². The van der Waals surface area contributed by atoms with Crippen molar-refractivity contribution >= 4 is 40.0 Å². The number of benzene rings is 2. The van der Waals surface area contributed by atoms with Crippen LogP contribution in [-0.4, -0.2) is 21.7 Å². The molecular weight excluding hydrogens is 348 g/mol. The third-order valence-corrected chi connectivity index (χ3v) is 3.86. The normalized spacial score (nSPS) is 10.4. The van der Waals surface area contributed by atoms with E-state index in [2.05, 4.69) is 15.8 Å². The van der Waals surface area contributed by atoms with Crippen molar-refractivity contribution in [1.82, 2.24) is 15.8 Å². The minimum Gasteiger partial charge on any atom is -0.360 e. The van der Waals surface area contributed by atoms with Crippen LogP contribution in [0.1, 0.15) is 20.7 Å². The van der Waals surface area contributed by atoms with Gasteiger partial charge in [0, 0.05) is 29.2 Å². The lowest BCUT2D eigenvalue weighted by atomic mass is 10.1. The maximum absolute atomic E-state index is 12.2. The molecule has 0 atom stereocenters. The molecule has 9 heteroatoms. The van der Waals surface area contributed by atoms with Gasteiger partial charge in [-0.3, -0.25) is 30.6 Å². The van der Waals surface area contributed by atoms with Gasteiger partial charge in [-0.2, -0.15) is 0 Å². The summed E-state index contributed by atoms with van der Waals surface area (Å²) in [5.41, 5.74) is 5.19. The third-order valence-electron chi connectivity index (χ3n) is 3.53. The highest BCUT2D eigenvalue weighted by molar-refractivity contribution is 6.34. The molecule has 0 saturated heterocycles. The van der Waals surface area contributed by atoms with Crippen molar-refractivity contribution in [3.8, 4) is 0 Å². The summed E-state index contributed by atoms with van der Waals surface area (Å²) in [7, 11) is 0. The number of fused-ring (bicyclic) bond motifs is 1. The molecule has 1 heterocycles. The topological polar surface area (TPSA) is 117 Å². The van der Waals surface area contributed by atoms with Gasteiger partial charge < -0.3 is 4.98 Å². The van der Waals surface area contributed by atoms with Crippen molar-refractivity contribution < 1.29 is 14.5 Å². The van der Waals surface area contributed by atoms with Crippen LogP contribution in [0.4, 0.5) is 5.69 Å². The van der Waals surface area contributed by atoms with Gasteiger partial charge in [-0.05, 0) is 12.1 Å². The van der Waals surface area contributed by atoms with Crippen LogP contribution in [0.15, 0.2) is 48.7 Å². The maximum atomic E-state index is 12.2. The number of nitro benzene ring substituents is 1. The van der Waals surface area contributed by atoms with Gasteiger partial charge in [0.2, 0.25) is 0 Å². The highest BCUT2D eigenvalue weighted by Gasteiger charge is 2.17. The first-order chi connectivity index (χ1) is 12.0. The molecule has 3 rings (SSSR count). The molecule has 0 fully saturated rings. The summed E-state index contributed by atoms with van der Waals surface area (Å²) in [5.74, 6) is -1.30. The number of non-ortho nitro benzene ring substituents is 1. The number of nitrogens with zero attached hydrogens (tertiary/aromatic N) is 1. The Labute approximate surface area is 145 Å². The largest absolute Gasteiger partial charge is 0.360 e. The molecule has 8 nitrogen and oxygen atoms in total. The number of H-pyrrole nitrogens is 1. The van der Waals surface area contributed by atoms with Gasteiger partial charge in [0.15, 0.2) is 0 Å². The lowest BCUT2D eigenvalue weighted by Gasteiger charge is -2.08. The minimum absolute atomic E-state index is 0.0319. The van der Waals surface area contributed by atoms with Crippen molar-refractivity contribution in [2.24, 2.45) is 0 Å². The van der Waals surface area contributed by atoms with Crippen LogP contribution in [0.2, 0.25) is 5.02 Å². The highest BCUT2D eigenvalue weighted by atomic mass is 35.5. The molecule has 3 aromatic rings. The van der Waals surface area contributed by atoms with Crippen molar-refractivity contribution in [2.45, 2.75) is 0 Å². The van der Waals surface area contributed by atoms with Gasteiger partial charge in [-0.25, -0.2) is 0 Å². The minimum atomic E-state index is -0.762. The molecule has 0 spiro atoms. The van der Waals surface area contributed by atoms with E-state index in [0.717, 1.165) is 11.6 Å². The third kappa shape index (κ3) is 3.29.